The molecule has 1 amide bonds. The van der Waals surface area contributed by atoms with Gasteiger partial charge in [0.2, 0.25) is 5.82 Å². The van der Waals surface area contributed by atoms with Crippen molar-refractivity contribution in [3.05, 3.63) is 23.8 Å². The average Bonchev–Trinajstić information content (AvgIpc) is 2.26. The number of rotatable bonds is 3. The van der Waals surface area contributed by atoms with E-state index in [1.165, 1.54) is 6.42 Å². The van der Waals surface area contributed by atoms with E-state index in [2.05, 4.69) is 15.3 Å². The first kappa shape index (κ1) is 12.8. The molecule has 0 bridgehead atoms. The summed E-state index contributed by atoms with van der Waals surface area (Å²) in [6.07, 6.45) is 0.552. The molecule has 0 radical (unpaired) electrons. The van der Waals surface area contributed by atoms with Crippen LogP contribution >= 0.6 is 0 Å². The minimum atomic E-state index is -4.58. The van der Waals surface area contributed by atoms with Crippen molar-refractivity contribution in [2.24, 2.45) is 5.92 Å². The van der Waals surface area contributed by atoms with Gasteiger partial charge in [0.05, 0.1) is 5.56 Å². The first-order valence-electron chi connectivity index (χ1n) is 5.64. The molecule has 1 fully saturated rings. The van der Waals surface area contributed by atoms with E-state index in [9.17, 15) is 18.0 Å². The number of hydrogen-bond donors (Lipinski definition) is 1. The Morgan fingerprint density at radius 2 is 1.94 bits per heavy atom. The summed E-state index contributed by atoms with van der Waals surface area (Å²) in [5.41, 5.74) is 0.0438. The molecule has 2 rings (SSSR count). The van der Waals surface area contributed by atoms with Crippen LogP contribution in [0.1, 0.15) is 35.4 Å². The second-order valence-electron chi connectivity index (χ2n) is 4.30. The van der Waals surface area contributed by atoms with Gasteiger partial charge in [-0.05, 0) is 18.8 Å². The van der Waals surface area contributed by atoms with Crippen molar-refractivity contribution in [1.29, 1.82) is 0 Å². The topological polar surface area (TPSA) is 54.9 Å². The third kappa shape index (κ3) is 2.96. The maximum absolute atomic E-state index is 12.2. The summed E-state index contributed by atoms with van der Waals surface area (Å²) in [5, 5.41) is 2.66. The van der Waals surface area contributed by atoms with Gasteiger partial charge in [0.25, 0.3) is 5.91 Å². The number of nitrogens with zero attached hydrogens (tertiary/aromatic N) is 2. The Bertz CT molecular complexity index is 426. The Hall–Kier alpha value is -1.66. The first-order chi connectivity index (χ1) is 8.47. The number of carbonyl (C=O) groups excluding carboxylic acids is 1. The zero-order valence-corrected chi connectivity index (χ0v) is 9.50. The van der Waals surface area contributed by atoms with Crippen molar-refractivity contribution in [2.75, 3.05) is 6.54 Å². The van der Waals surface area contributed by atoms with Gasteiger partial charge < -0.3 is 5.32 Å². The van der Waals surface area contributed by atoms with Crippen molar-refractivity contribution < 1.29 is 18.0 Å². The van der Waals surface area contributed by atoms with Crippen LogP contribution in [0.5, 0.6) is 0 Å². The summed E-state index contributed by atoms with van der Waals surface area (Å²) in [6, 6.07) is 0. The van der Waals surface area contributed by atoms with Crippen molar-refractivity contribution in [1.82, 2.24) is 15.3 Å². The van der Waals surface area contributed by atoms with Crippen molar-refractivity contribution >= 4 is 5.91 Å². The van der Waals surface area contributed by atoms with E-state index < -0.39 is 17.9 Å². The number of carbonyl (C=O) groups is 1. The molecule has 0 unspecified atom stereocenters. The third-order valence-corrected chi connectivity index (χ3v) is 2.94. The number of hydrogen-bond acceptors (Lipinski definition) is 3. The molecule has 0 atom stereocenters. The van der Waals surface area contributed by atoms with Crippen LogP contribution in [0.4, 0.5) is 13.2 Å². The van der Waals surface area contributed by atoms with E-state index in [0.29, 0.717) is 12.5 Å². The minimum Gasteiger partial charge on any atom is -0.352 e. The van der Waals surface area contributed by atoms with Gasteiger partial charge >= 0.3 is 6.18 Å². The number of alkyl halides is 3. The van der Waals surface area contributed by atoms with Gasteiger partial charge in [0.15, 0.2) is 0 Å². The molecule has 0 aliphatic heterocycles. The minimum absolute atomic E-state index is 0.0438. The van der Waals surface area contributed by atoms with Crippen LogP contribution in [0, 0.1) is 5.92 Å². The van der Waals surface area contributed by atoms with Crippen LogP contribution < -0.4 is 5.32 Å². The molecule has 4 nitrogen and oxygen atoms in total. The van der Waals surface area contributed by atoms with Crippen LogP contribution in [0.3, 0.4) is 0 Å². The van der Waals surface area contributed by atoms with E-state index in [1.54, 1.807) is 0 Å². The van der Waals surface area contributed by atoms with Crippen LogP contribution in [0.2, 0.25) is 0 Å². The third-order valence-electron chi connectivity index (χ3n) is 2.94. The zero-order chi connectivity index (χ0) is 13.2. The molecular formula is C11H12F3N3O. The summed E-state index contributed by atoms with van der Waals surface area (Å²) in [5.74, 6) is -1.18. The van der Waals surface area contributed by atoms with Crippen molar-refractivity contribution in [3.8, 4) is 0 Å². The molecule has 18 heavy (non-hydrogen) atoms. The molecule has 7 heteroatoms. The molecule has 1 heterocycles. The molecule has 1 aliphatic carbocycles. The Morgan fingerprint density at radius 1 is 1.33 bits per heavy atom. The number of aromatic nitrogens is 2. The van der Waals surface area contributed by atoms with E-state index in [-0.39, 0.29) is 5.56 Å². The average molecular weight is 259 g/mol. The van der Waals surface area contributed by atoms with Gasteiger partial charge in [0, 0.05) is 18.9 Å². The Labute approximate surface area is 102 Å². The summed E-state index contributed by atoms with van der Waals surface area (Å²) in [7, 11) is 0. The molecule has 0 spiro atoms. The predicted molar refractivity (Wildman–Crippen MR) is 56.7 cm³/mol. The van der Waals surface area contributed by atoms with E-state index >= 15 is 0 Å². The highest BCUT2D eigenvalue weighted by atomic mass is 19.4. The lowest BCUT2D eigenvalue weighted by molar-refractivity contribution is -0.145. The predicted octanol–water partition coefficient (Wildman–Crippen LogP) is 2.03. The molecule has 1 aromatic heterocycles. The molecule has 1 aromatic rings. The quantitative estimate of drug-likeness (QED) is 0.903. The Kier molecular flexibility index (Phi) is 3.49. The summed E-state index contributed by atoms with van der Waals surface area (Å²) >= 11 is 0. The zero-order valence-electron chi connectivity index (χ0n) is 9.50. The second-order valence-corrected chi connectivity index (χ2v) is 4.30. The lowest BCUT2D eigenvalue weighted by Gasteiger charge is -2.25. The van der Waals surface area contributed by atoms with E-state index in [0.717, 1.165) is 25.2 Å². The normalized spacial score (nSPS) is 16.2. The maximum Gasteiger partial charge on any atom is 0.451 e. The first-order valence-corrected chi connectivity index (χ1v) is 5.64. The van der Waals surface area contributed by atoms with Gasteiger partial charge in [-0.3, -0.25) is 4.79 Å². The fourth-order valence-electron chi connectivity index (χ4n) is 1.63. The lowest BCUT2D eigenvalue weighted by Crippen LogP contribution is -2.32. The largest absolute Gasteiger partial charge is 0.451 e. The molecule has 1 aliphatic rings. The van der Waals surface area contributed by atoms with Gasteiger partial charge in [-0.25, -0.2) is 9.97 Å². The van der Waals surface area contributed by atoms with E-state index in [1.807, 2.05) is 0 Å². The second kappa shape index (κ2) is 4.91. The number of halogens is 3. The summed E-state index contributed by atoms with van der Waals surface area (Å²) in [6.45, 7) is 0.555. The van der Waals surface area contributed by atoms with Gasteiger partial charge in [-0.2, -0.15) is 13.2 Å². The molecular weight excluding hydrogens is 247 g/mol. The van der Waals surface area contributed by atoms with E-state index in [4.69, 9.17) is 0 Å². The molecule has 0 aromatic carbocycles. The SMILES string of the molecule is O=C(NCC1CCC1)c1cnc(C(F)(F)F)nc1. The highest BCUT2D eigenvalue weighted by molar-refractivity contribution is 5.93. The summed E-state index contributed by atoms with van der Waals surface area (Å²) in [4.78, 5) is 17.8. The van der Waals surface area contributed by atoms with Gasteiger partial charge in [-0.1, -0.05) is 6.42 Å². The monoisotopic (exact) mass is 259 g/mol. The molecule has 1 N–H and O–H groups in total. The standard InChI is InChI=1S/C11H12F3N3O/c12-11(13,14)10-16-5-8(6-17-10)9(18)15-4-7-2-1-3-7/h5-7H,1-4H2,(H,15,18). The number of amides is 1. The van der Waals surface area contributed by atoms with Crippen molar-refractivity contribution in [3.63, 3.8) is 0 Å². The molecule has 0 saturated heterocycles. The van der Waals surface area contributed by atoms with Gasteiger partial charge in [0.1, 0.15) is 0 Å². The van der Waals surface area contributed by atoms with Crippen LogP contribution in [0.25, 0.3) is 0 Å². The maximum atomic E-state index is 12.2. The fourth-order valence-corrected chi connectivity index (χ4v) is 1.63. The lowest BCUT2D eigenvalue weighted by atomic mass is 9.85. The molecule has 1 saturated carbocycles. The highest BCUT2D eigenvalue weighted by Gasteiger charge is 2.34. The highest BCUT2D eigenvalue weighted by Crippen LogP contribution is 2.26. The molecule has 98 valence electrons. The van der Waals surface area contributed by atoms with Crippen molar-refractivity contribution in [2.45, 2.75) is 25.4 Å². The van der Waals surface area contributed by atoms with Gasteiger partial charge in [-0.15, -0.1) is 0 Å². The van der Waals surface area contributed by atoms with Crippen LogP contribution in [-0.4, -0.2) is 22.4 Å². The Morgan fingerprint density at radius 3 is 2.39 bits per heavy atom. The van der Waals surface area contributed by atoms with Crippen LogP contribution in [0.15, 0.2) is 12.4 Å². The Balaban J connectivity index is 1.93. The fraction of sp³-hybridized carbons (Fsp3) is 0.545. The van der Waals surface area contributed by atoms with Crippen LogP contribution in [-0.2, 0) is 6.18 Å². The number of nitrogens with one attached hydrogen (secondary N) is 1. The summed E-state index contributed by atoms with van der Waals surface area (Å²) < 4.78 is 36.6. The smallest absolute Gasteiger partial charge is 0.352 e.